The van der Waals surface area contributed by atoms with Crippen LogP contribution in [0.2, 0.25) is 0 Å². The maximum absolute atomic E-state index is 13.9. The van der Waals surface area contributed by atoms with Crippen molar-refractivity contribution in [2.75, 3.05) is 26.2 Å². The van der Waals surface area contributed by atoms with Crippen LogP contribution in [0.1, 0.15) is 69.9 Å². The van der Waals surface area contributed by atoms with Gasteiger partial charge in [-0.15, -0.1) is 0 Å². The van der Waals surface area contributed by atoms with Crippen molar-refractivity contribution in [3.63, 3.8) is 0 Å². The number of amides is 1. The van der Waals surface area contributed by atoms with Crippen LogP contribution < -0.4 is 0 Å². The van der Waals surface area contributed by atoms with E-state index in [1.54, 1.807) is 29.2 Å². The van der Waals surface area contributed by atoms with Crippen molar-refractivity contribution in [2.24, 2.45) is 22.7 Å². The maximum Gasteiger partial charge on any atom is 0.265 e. The molecule has 6 heteroatoms. The van der Waals surface area contributed by atoms with Crippen LogP contribution >= 0.6 is 0 Å². The van der Waals surface area contributed by atoms with Crippen LogP contribution in [0.25, 0.3) is 0 Å². The maximum atomic E-state index is 13.9. The highest BCUT2D eigenvalue weighted by molar-refractivity contribution is 6.09. The largest absolute Gasteiger partial charge is 0.303 e. The molecule has 5 rings (SSSR count). The quantitative estimate of drug-likeness (QED) is 0.435. The molecule has 198 valence electrons. The fraction of sp³-hybridized carbons (Fsp3) is 0.548. The van der Waals surface area contributed by atoms with Gasteiger partial charge >= 0.3 is 0 Å². The monoisotopic (exact) mass is 507 g/mol. The third kappa shape index (κ3) is 5.36. The van der Waals surface area contributed by atoms with Gasteiger partial charge in [0.05, 0.1) is 0 Å². The molecule has 2 heterocycles. The van der Waals surface area contributed by atoms with E-state index in [1.165, 1.54) is 62.8 Å². The predicted molar refractivity (Wildman–Crippen MR) is 143 cm³/mol. The molecule has 3 aliphatic rings. The highest BCUT2D eigenvalue weighted by atomic mass is 19.1. The summed E-state index contributed by atoms with van der Waals surface area (Å²) in [7, 11) is 0. The zero-order valence-corrected chi connectivity index (χ0v) is 22.1. The van der Waals surface area contributed by atoms with E-state index >= 15 is 0 Å². The molecule has 0 N–H and O–H groups in total. The minimum absolute atomic E-state index is 0.159. The van der Waals surface area contributed by atoms with Gasteiger partial charge in [-0.2, -0.15) is 0 Å². The van der Waals surface area contributed by atoms with Crippen LogP contribution in [0.15, 0.2) is 53.5 Å². The molecular formula is C31H39F2N3O. The highest BCUT2D eigenvalue weighted by Gasteiger charge is 2.49. The van der Waals surface area contributed by atoms with Crippen molar-refractivity contribution in [1.82, 2.24) is 9.80 Å². The molecule has 2 aromatic rings. The Morgan fingerprint density at radius 2 is 1.32 bits per heavy atom. The number of carbonyl (C=O) groups is 1. The van der Waals surface area contributed by atoms with Crippen molar-refractivity contribution < 1.29 is 13.6 Å². The van der Waals surface area contributed by atoms with Gasteiger partial charge in [-0.25, -0.2) is 13.8 Å². The lowest BCUT2D eigenvalue weighted by Gasteiger charge is -2.39. The smallest absolute Gasteiger partial charge is 0.265 e. The first kappa shape index (κ1) is 26.0. The molecule has 4 nitrogen and oxygen atoms in total. The molecule has 1 amide bonds. The van der Waals surface area contributed by atoms with Gasteiger partial charge < -0.3 is 4.90 Å². The molecule has 0 unspecified atom stereocenters. The number of carbonyl (C=O) groups excluding carboxylic acids is 1. The Kier molecular flexibility index (Phi) is 7.75. The van der Waals surface area contributed by atoms with E-state index in [-0.39, 0.29) is 17.5 Å². The van der Waals surface area contributed by atoms with E-state index in [0.29, 0.717) is 23.5 Å². The summed E-state index contributed by atoms with van der Waals surface area (Å²) < 4.78 is 27.4. The minimum atomic E-state index is -1.32. The third-order valence-corrected chi connectivity index (χ3v) is 9.01. The Balaban J connectivity index is 1.22. The topological polar surface area (TPSA) is 35.9 Å². The first-order valence-corrected chi connectivity index (χ1v) is 14.0. The summed E-state index contributed by atoms with van der Waals surface area (Å²) in [6.07, 6.45) is 9.06. The standard InChI is InChI=1S/C31H39F2N3O/c1-22-4-6-24(7-5-22)25-16-20-35(21-17-25)18-3-19-36-23(2)34-31(30(36)37,26-8-12-28(32)13-9-26)27-10-14-29(33)15-11-27/h8-15,22,24-25H,3-7,16-21H2,1-2H3. The first-order chi connectivity index (χ1) is 17.9. The molecule has 0 spiro atoms. The number of hydrogen-bond acceptors (Lipinski definition) is 3. The molecule has 2 aliphatic heterocycles. The zero-order chi connectivity index (χ0) is 26.0. The first-order valence-electron chi connectivity index (χ1n) is 14.0. The summed E-state index contributed by atoms with van der Waals surface area (Å²) in [6, 6.07) is 11.8. The van der Waals surface area contributed by atoms with Crippen LogP contribution in [0.3, 0.4) is 0 Å². The Labute approximate surface area is 219 Å². The number of aliphatic imine (C=N–C) groups is 1. The molecule has 37 heavy (non-hydrogen) atoms. The number of rotatable bonds is 7. The van der Waals surface area contributed by atoms with Gasteiger partial charge in [-0.1, -0.05) is 44.0 Å². The fourth-order valence-corrected chi connectivity index (χ4v) is 6.74. The van der Waals surface area contributed by atoms with Gasteiger partial charge in [0.2, 0.25) is 0 Å². The molecular weight excluding hydrogens is 468 g/mol. The number of piperidine rings is 1. The van der Waals surface area contributed by atoms with Crippen molar-refractivity contribution in [3.8, 4) is 0 Å². The van der Waals surface area contributed by atoms with Gasteiger partial charge in [0.15, 0.2) is 5.54 Å². The lowest BCUT2D eigenvalue weighted by atomic mass is 9.73. The van der Waals surface area contributed by atoms with E-state index in [2.05, 4.69) is 11.8 Å². The summed E-state index contributed by atoms with van der Waals surface area (Å²) in [4.78, 5) is 23.1. The second-order valence-corrected chi connectivity index (χ2v) is 11.4. The lowest BCUT2D eigenvalue weighted by Crippen LogP contribution is -2.43. The second-order valence-electron chi connectivity index (χ2n) is 11.4. The SMILES string of the molecule is CC1=NC(c2ccc(F)cc2)(c2ccc(F)cc2)C(=O)N1CCCN1CCC(C2CCC(C)CC2)CC1. The summed E-state index contributed by atoms with van der Waals surface area (Å²) >= 11 is 0. The third-order valence-electron chi connectivity index (χ3n) is 9.01. The molecule has 2 fully saturated rings. The second kappa shape index (κ2) is 11.0. The van der Waals surface area contributed by atoms with Crippen LogP contribution in [-0.2, 0) is 10.3 Å². The molecule has 1 aliphatic carbocycles. The van der Waals surface area contributed by atoms with Crippen molar-refractivity contribution in [3.05, 3.63) is 71.3 Å². The molecule has 0 aromatic heterocycles. The van der Waals surface area contributed by atoms with Gasteiger partial charge in [0, 0.05) is 6.54 Å². The van der Waals surface area contributed by atoms with Gasteiger partial charge in [-0.3, -0.25) is 9.69 Å². The van der Waals surface area contributed by atoms with Crippen molar-refractivity contribution in [2.45, 2.75) is 64.3 Å². The summed E-state index contributed by atoms with van der Waals surface area (Å²) in [6.45, 7) is 8.08. The molecule has 1 saturated heterocycles. The van der Waals surface area contributed by atoms with Crippen molar-refractivity contribution >= 4 is 11.7 Å². The van der Waals surface area contributed by atoms with Crippen LogP contribution in [0.4, 0.5) is 8.78 Å². The van der Waals surface area contributed by atoms with Crippen LogP contribution in [0, 0.1) is 29.4 Å². The molecule has 0 atom stereocenters. The van der Waals surface area contributed by atoms with Crippen LogP contribution in [-0.4, -0.2) is 47.7 Å². The summed E-state index contributed by atoms with van der Waals surface area (Å²) in [5, 5.41) is 0. The van der Waals surface area contributed by atoms with E-state index in [9.17, 15) is 13.6 Å². The highest BCUT2D eigenvalue weighted by Crippen LogP contribution is 2.41. The molecule has 0 radical (unpaired) electrons. The fourth-order valence-electron chi connectivity index (χ4n) is 6.74. The summed E-state index contributed by atoms with van der Waals surface area (Å²) in [5.74, 6) is 2.44. The van der Waals surface area contributed by atoms with Crippen LogP contribution in [0.5, 0.6) is 0 Å². The Morgan fingerprint density at radius 1 is 0.811 bits per heavy atom. The van der Waals surface area contributed by atoms with Crippen molar-refractivity contribution in [1.29, 1.82) is 0 Å². The number of benzene rings is 2. The lowest BCUT2D eigenvalue weighted by molar-refractivity contribution is -0.130. The van der Waals surface area contributed by atoms with E-state index in [1.807, 2.05) is 6.92 Å². The van der Waals surface area contributed by atoms with Gasteiger partial charge in [0.1, 0.15) is 17.5 Å². The number of likely N-dealkylation sites (tertiary alicyclic amines) is 1. The Morgan fingerprint density at radius 3 is 1.86 bits per heavy atom. The van der Waals surface area contributed by atoms with Gasteiger partial charge in [0.25, 0.3) is 5.91 Å². The normalized spacial score (nSPS) is 24.9. The average Bonchev–Trinajstić information content (AvgIpc) is 3.16. The number of halogens is 2. The van der Waals surface area contributed by atoms with E-state index in [4.69, 9.17) is 4.99 Å². The zero-order valence-electron chi connectivity index (χ0n) is 22.1. The number of hydrogen-bond donors (Lipinski definition) is 0. The Hall–Kier alpha value is -2.60. The Bertz CT molecular complexity index is 1050. The van der Waals surface area contributed by atoms with Gasteiger partial charge in [-0.05, 0) is 112 Å². The van der Waals surface area contributed by atoms with E-state index in [0.717, 1.165) is 43.8 Å². The molecule has 2 aromatic carbocycles. The number of nitrogens with zero attached hydrogens (tertiary/aromatic N) is 3. The summed E-state index contributed by atoms with van der Waals surface area (Å²) in [5.41, 5.74) is -0.139. The molecule has 0 bridgehead atoms. The minimum Gasteiger partial charge on any atom is -0.303 e. The average molecular weight is 508 g/mol. The number of amidine groups is 1. The molecule has 1 saturated carbocycles. The van der Waals surface area contributed by atoms with E-state index < -0.39 is 5.54 Å². The predicted octanol–water partition coefficient (Wildman–Crippen LogP) is 6.40.